The minimum Gasteiger partial charge on any atom is -0.481 e. The first-order valence-corrected chi connectivity index (χ1v) is 4.27. The van der Waals surface area contributed by atoms with Crippen LogP contribution in [0, 0.1) is 0 Å². The van der Waals surface area contributed by atoms with Crippen LogP contribution in [0.15, 0.2) is 18.2 Å². The first-order chi connectivity index (χ1) is 6.77. The highest BCUT2D eigenvalue weighted by Crippen LogP contribution is 2.05. The van der Waals surface area contributed by atoms with Crippen LogP contribution in [0.1, 0.15) is 10.5 Å². The van der Waals surface area contributed by atoms with E-state index in [1.54, 1.807) is 18.2 Å². The van der Waals surface area contributed by atoms with E-state index in [0.717, 1.165) is 0 Å². The molecule has 1 rings (SSSR count). The average Bonchev–Trinajstić information content (AvgIpc) is 2.26. The molecule has 0 atom stereocenters. The van der Waals surface area contributed by atoms with Gasteiger partial charge in [-0.1, -0.05) is 6.07 Å². The molecule has 0 radical (unpaired) electrons. The molecule has 1 amide bonds. The molecule has 1 aromatic rings. The van der Waals surface area contributed by atoms with Gasteiger partial charge >= 0.3 is 0 Å². The van der Waals surface area contributed by atoms with Crippen LogP contribution in [0.5, 0.6) is 5.88 Å². The lowest BCUT2D eigenvalue weighted by molar-refractivity contribution is 0.0949. The second-order valence-electron chi connectivity index (χ2n) is 2.61. The molecule has 0 aromatic carbocycles. The van der Waals surface area contributed by atoms with Gasteiger partial charge in [0, 0.05) is 19.2 Å². The fourth-order valence-electron chi connectivity index (χ4n) is 0.931. The number of nitrogens with one attached hydrogen (secondary N) is 1. The topological polar surface area (TPSA) is 77.2 Å². The largest absolute Gasteiger partial charge is 0.481 e. The minimum absolute atomic E-state index is 0.241. The summed E-state index contributed by atoms with van der Waals surface area (Å²) in [5.74, 6) is 0.180. The van der Waals surface area contributed by atoms with Gasteiger partial charge in [0.05, 0.1) is 7.11 Å². The minimum atomic E-state index is -0.241. The van der Waals surface area contributed by atoms with Crippen molar-refractivity contribution in [2.45, 2.75) is 0 Å². The van der Waals surface area contributed by atoms with Gasteiger partial charge in [0.25, 0.3) is 5.91 Å². The molecule has 1 aromatic heterocycles. The quantitative estimate of drug-likeness (QED) is 0.696. The number of amides is 1. The van der Waals surface area contributed by atoms with Gasteiger partial charge in [-0.2, -0.15) is 0 Å². The van der Waals surface area contributed by atoms with Crippen LogP contribution in [-0.2, 0) is 0 Å². The van der Waals surface area contributed by atoms with Gasteiger partial charge in [-0.25, -0.2) is 4.98 Å². The summed E-state index contributed by atoms with van der Waals surface area (Å²) in [4.78, 5) is 15.4. The molecular weight excluding hydrogens is 182 g/mol. The maximum absolute atomic E-state index is 11.4. The zero-order chi connectivity index (χ0) is 10.4. The number of carbonyl (C=O) groups excluding carboxylic acids is 1. The zero-order valence-corrected chi connectivity index (χ0v) is 7.99. The number of aromatic nitrogens is 1. The summed E-state index contributed by atoms with van der Waals surface area (Å²) < 4.78 is 4.89. The van der Waals surface area contributed by atoms with Crippen LogP contribution in [-0.4, -0.2) is 31.1 Å². The molecule has 76 valence electrons. The molecule has 5 heteroatoms. The van der Waals surface area contributed by atoms with Crippen molar-refractivity contribution in [2.24, 2.45) is 5.73 Å². The van der Waals surface area contributed by atoms with Crippen molar-refractivity contribution in [3.63, 3.8) is 0 Å². The molecule has 14 heavy (non-hydrogen) atoms. The number of nitrogens with zero attached hydrogens (tertiary/aromatic N) is 1. The van der Waals surface area contributed by atoms with Crippen LogP contribution in [0.3, 0.4) is 0 Å². The number of hydrogen-bond donors (Lipinski definition) is 2. The van der Waals surface area contributed by atoms with E-state index < -0.39 is 0 Å². The third-order valence-corrected chi connectivity index (χ3v) is 1.60. The van der Waals surface area contributed by atoms with E-state index in [4.69, 9.17) is 10.5 Å². The monoisotopic (exact) mass is 195 g/mol. The van der Waals surface area contributed by atoms with Crippen molar-refractivity contribution >= 4 is 5.91 Å². The Morgan fingerprint density at radius 3 is 3.07 bits per heavy atom. The molecule has 1 heterocycles. The van der Waals surface area contributed by atoms with Crippen molar-refractivity contribution in [2.75, 3.05) is 20.2 Å². The lowest BCUT2D eigenvalue weighted by Crippen LogP contribution is -2.29. The van der Waals surface area contributed by atoms with Crippen molar-refractivity contribution in [1.82, 2.24) is 10.3 Å². The summed E-state index contributed by atoms with van der Waals surface area (Å²) in [6.07, 6.45) is 0. The molecule has 0 aliphatic carbocycles. The van der Waals surface area contributed by atoms with Crippen LogP contribution >= 0.6 is 0 Å². The molecule has 5 nitrogen and oxygen atoms in total. The lowest BCUT2D eigenvalue weighted by Gasteiger charge is -2.03. The number of methoxy groups -OCH3 is 1. The van der Waals surface area contributed by atoms with Crippen molar-refractivity contribution in [3.8, 4) is 5.88 Å². The molecule has 0 spiro atoms. The highest BCUT2D eigenvalue weighted by molar-refractivity contribution is 5.92. The summed E-state index contributed by atoms with van der Waals surface area (Å²) in [6.45, 7) is 0.855. The normalized spacial score (nSPS) is 9.57. The zero-order valence-electron chi connectivity index (χ0n) is 7.99. The Bertz CT molecular complexity index is 315. The molecule has 0 bridgehead atoms. The van der Waals surface area contributed by atoms with E-state index in [9.17, 15) is 4.79 Å². The van der Waals surface area contributed by atoms with Crippen LogP contribution < -0.4 is 15.8 Å². The fraction of sp³-hybridized carbons (Fsp3) is 0.333. The summed E-state index contributed by atoms with van der Waals surface area (Å²) >= 11 is 0. The first-order valence-electron chi connectivity index (χ1n) is 4.27. The predicted molar refractivity (Wildman–Crippen MR) is 52.2 cm³/mol. The van der Waals surface area contributed by atoms with E-state index in [1.165, 1.54) is 7.11 Å². The van der Waals surface area contributed by atoms with E-state index >= 15 is 0 Å². The Morgan fingerprint density at radius 2 is 2.43 bits per heavy atom. The summed E-state index contributed by atoms with van der Waals surface area (Å²) in [5, 5.41) is 2.62. The van der Waals surface area contributed by atoms with Gasteiger partial charge in [0.2, 0.25) is 5.88 Å². The SMILES string of the molecule is COc1cccc(C(=O)NCCN)n1. The third kappa shape index (κ3) is 2.70. The molecule has 0 aliphatic heterocycles. The number of carbonyl (C=O) groups is 1. The number of nitrogens with two attached hydrogens (primary N) is 1. The molecular formula is C9H13N3O2. The summed E-state index contributed by atoms with van der Waals surface area (Å²) in [7, 11) is 1.50. The highest BCUT2D eigenvalue weighted by atomic mass is 16.5. The van der Waals surface area contributed by atoms with Crippen LogP contribution in [0.4, 0.5) is 0 Å². The van der Waals surface area contributed by atoms with Crippen LogP contribution in [0.25, 0.3) is 0 Å². The van der Waals surface area contributed by atoms with Gasteiger partial charge in [-0.15, -0.1) is 0 Å². The number of pyridine rings is 1. The average molecular weight is 195 g/mol. The fourth-order valence-corrected chi connectivity index (χ4v) is 0.931. The summed E-state index contributed by atoms with van der Waals surface area (Å²) in [5.41, 5.74) is 5.58. The lowest BCUT2D eigenvalue weighted by atomic mass is 10.3. The molecule has 3 N–H and O–H groups in total. The van der Waals surface area contributed by atoms with Crippen LogP contribution in [0.2, 0.25) is 0 Å². The second kappa shape index (κ2) is 5.18. The van der Waals surface area contributed by atoms with Crippen molar-refractivity contribution in [1.29, 1.82) is 0 Å². The highest BCUT2D eigenvalue weighted by Gasteiger charge is 2.06. The number of rotatable bonds is 4. The van der Waals surface area contributed by atoms with E-state index in [2.05, 4.69) is 10.3 Å². The van der Waals surface area contributed by atoms with Gasteiger partial charge in [0.1, 0.15) is 5.69 Å². The Balaban J connectivity index is 2.69. The van der Waals surface area contributed by atoms with Gasteiger partial charge < -0.3 is 15.8 Å². The van der Waals surface area contributed by atoms with Gasteiger partial charge in [0.15, 0.2) is 0 Å². The Kier molecular flexibility index (Phi) is 3.87. The number of ether oxygens (including phenoxy) is 1. The first kappa shape index (κ1) is 10.5. The van der Waals surface area contributed by atoms with Crippen molar-refractivity contribution in [3.05, 3.63) is 23.9 Å². The second-order valence-corrected chi connectivity index (χ2v) is 2.61. The smallest absolute Gasteiger partial charge is 0.270 e. The molecule has 0 saturated heterocycles. The molecule has 0 aliphatic rings. The van der Waals surface area contributed by atoms with E-state index in [1.807, 2.05) is 0 Å². The van der Waals surface area contributed by atoms with E-state index in [0.29, 0.717) is 24.7 Å². The third-order valence-electron chi connectivity index (χ3n) is 1.60. The maximum Gasteiger partial charge on any atom is 0.270 e. The van der Waals surface area contributed by atoms with Crippen molar-refractivity contribution < 1.29 is 9.53 Å². The number of hydrogen-bond acceptors (Lipinski definition) is 4. The summed E-state index contributed by atoms with van der Waals surface area (Å²) in [6, 6.07) is 5.01. The maximum atomic E-state index is 11.4. The standard InChI is InChI=1S/C9H13N3O2/c1-14-8-4-2-3-7(12-8)9(13)11-6-5-10/h2-4H,5-6,10H2,1H3,(H,11,13). The molecule has 0 unspecified atom stereocenters. The molecule has 0 fully saturated rings. The Morgan fingerprint density at radius 1 is 1.64 bits per heavy atom. The Hall–Kier alpha value is -1.62. The predicted octanol–water partition coefficient (Wildman–Crippen LogP) is -0.221. The van der Waals surface area contributed by atoms with Gasteiger partial charge in [-0.3, -0.25) is 4.79 Å². The van der Waals surface area contributed by atoms with E-state index in [-0.39, 0.29) is 5.91 Å². The molecule has 0 saturated carbocycles. The van der Waals surface area contributed by atoms with Gasteiger partial charge in [-0.05, 0) is 6.07 Å². The Labute approximate surface area is 82.3 Å².